The van der Waals surface area contributed by atoms with Crippen LogP contribution in [0.15, 0.2) is 16.7 Å². The Morgan fingerprint density at radius 3 is 2.74 bits per heavy atom. The normalized spacial score (nSPS) is 26.8. The van der Waals surface area contributed by atoms with Crippen molar-refractivity contribution in [3.63, 3.8) is 0 Å². The van der Waals surface area contributed by atoms with Gasteiger partial charge in [0.05, 0.1) is 6.26 Å². The van der Waals surface area contributed by atoms with Gasteiger partial charge in [0.15, 0.2) is 0 Å². The van der Waals surface area contributed by atoms with Crippen molar-refractivity contribution in [2.75, 3.05) is 25.1 Å². The van der Waals surface area contributed by atoms with E-state index in [1.54, 1.807) is 6.26 Å². The third-order valence-electron chi connectivity index (χ3n) is 4.91. The smallest absolute Gasteiger partial charge is 0.105 e. The van der Waals surface area contributed by atoms with E-state index in [1.165, 1.54) is 17.7 Å². The summed E-state index contributed by atoms with van der Waals surface area (Å²) in [4.78, 5) is 2.44. The SMILES string of the molecule is Cc1occc1CN(C)C1(CN)CSCCC1(C)C. The van der Waals surface area contributed by atoms with Gasteiger partial charge >= 0.3 is 0 Å². The van der Waals surface area contributed by atoms with Crippen molar-refractivity contribution in [2.24, 2.45) is 11.1 Å². The number of likely N-dealkylation sites (N-methyl/N-ethyl adjacent to an activating group) is 1. The van der Waals surface area contributed by atoms with Gasteiger partial charge in [0.1, 0.15) is 5.76 Å². The number of thioether (sulfide) groups is 1. The van der Waals surface area contributed by atoms with E-state index in [4.69, 9.17) is 10.2 Å². The van der Waals surface area contributed by atoms with Crippen LogP contribution in [-0.4, -0.2) is 35.5 Å². The van der Waals surface area contributed by atoms with E-state index >= 15 is 0 Å². The Hall–Kier alpha value is -0.450. The molecule has 1 aliphatic rings. The summed E-state index contributed by atoms with van der Waals surface area (Å²) in [6.07, 6.45) is 3.00. The van der Waals surface area contributed by atoms with Crippen molar-refractivity contribution >= 4 is 11.8 Å². The Morgan fingerprint density at radius 2 is 2.21 bits per heavy atom. The van der Waals surface area contributed by atoms with E-state index in [9.17, 15) is 0 Å². The lowest BCUT2D eigenvalue weighted by atomic mass is 9.69. The van der Waals surface area contributed by atoms with Gasteiger partial charge in [-0.1, -0.05) is 13.8 Å². The summed E-state index contributed by atoms with van der Waals surface area (Å²) in [7, 11) is 2.20. The van der Waals surface area contributed by atoms with Gasteiger partial charge in [0.2, 0.25) is 0 Å². The van der Waals surface area contributed by atoms with Gasteiger partial charge in [-0.3, -0.25) is 4.90 Å². The first kappa shape index (κ1) is 14.9. The second kappa shape index (κ2) is 5.51. The van der Waals surface area contributed by atoms with E-state index in [1.807, 2.05) is 18.7 Å². The van der Waals surface area contributed by atoms with Gasteiger partial charge in [-0.2, -0.15) is 11.8 Å². The fraction of sp³-hybridized carbons (Fsp3) is 0.733. The first-order chi connectivity index (χ1) is 8.93. The molecule has 0 aromatic carbocycles. The second-order valence-corrected chi connectivity index (χ2v) is 7.39. The summed E-state index contributed by atoms with van der Waals surface area (Å²) in [6, 6.07) is 2.07. The minimum Gasteiger partial charge on any atom is -0.469 e. The fourth-order valence-electron chi connectivity index (χ4n) is 3.10. The van der Waals surface area contributed by atoms with Crippen LogP contribution >= 0.6 is 11.8 Å². The van der Waals surface area contributed by atoms with Crippen LogP contribution < -0.4 is 5.73 Å². The summed E-state index contributed by atoms with van der Waals surface area (Å²) >= 11 is 2.03. The maximum absolute atomic E-state index is 6.20. The molecule has 1 atom stereocenters. The largest absolute Gasteiger partial charge is 0.469 e. The summed E-state index contributed by atoms with van der Waals surface area (Å²) < 4.78 is 5.41. The molecule has 2 rings (SSSR count). The molecule has 3 nitrogen and oxygen atoms in total. The van der Waals surface area contributed by atoms with Crippen LogP contribution in [0.4, 0.5) is 0 Å². The number of nitrogens with zero attached hydrogens (tertiary/aromatic N) is 1. The van der Waals surface area contributed by atoms with Crippen LogP contribution in [-0.2, 0) is 6.54 Å². The Morgan fingerprint density at radius 1 is 1.47 bits per heavy atom. The zero-order valence-electron chi connectivity index (χ0n) is 12.5. The van der Waals surface area contributed by atoms with Crippen molar-refractivity contribution in [1.82, 2.24) is 4.90 Å². The molecule has 0 saturated carbocycles. The molecule has 1 fully saturated rings. The van der Waals surface area contributed by atoms with E-state index in [2.05, 4.69) is 31.9 Å². The molecular weight excluding hydrogens is 256 g/mol. The van der Waals surface area contributed by atoms with E-state index in [0.29, 0.717) is 6.54 Å². The van der Waals surface area contributed by atoms with Gasteiger partial charge in [-0.15, -0.1) is 0 Å². The summed E-state index contributed by atoms with van der Waals surface area (Å²) in [5.74, 6) is 3.37. The van der Waals surface area contributed by atoms with Crippen LogP contribution in [0.25, 0.3) is 0 Å². The van der Waals surface area contributed by atoms with E-state index < -0.39 is 0 Å². The van der Waals surface area contributed by atoms with Crippen molar-refractivity contribution < 1.29 is 4.42 Å². The molecule has 2 N–H and O–H groups in total. The number of aryl methyl sites for hydroxylation is 1. The fourth-order valence-corrected chi connectivity index (χ4v) is 4.96. The summed E-state index contributed by atoms with van der Waals surface area (Å²) in [5.41, 5.74) is 7.79. The number of hydrogen-bond donors (Lipinski definition) is 1. The van der Waals surface area contributed by atoms with Gasteiger partial charge in [0, 0.05) is 29.9 Å². The molecule has 0 spiro atoms. The first-order valence-electron chi connectivity index (χ1n) is 6.95. The summed E-state index contributed by atoms with van der Waals surface area (Å²) in [6.45, 7) is 8.36. The first-order valence-corrected chi connectivity index (χ1v) is 8.10. The van der Waals surface area contributed by atoms with Crippen molar-refractivity contribution in [2.45, 2.75) is 39.3 Å². The van der Waals surface area contributed by atoms with Crippen LogP contribution in [0.1, 0.15) is 31.6 Å². The molecule has 2 heterocycles. The molecule has 0 amide bonds. The lowest BCUT2D eigenvalue weighted by Crippen LogP contribution is -2.64. The van der Waals surface area contributed by atoms with E-state index in [0.717, 1.165) is 18.1 Å². The Bertz CT molecular complexity index is 430. The van der Waals surface area contributed by atoms with Crippen LogP contribution in [0.2, 0.25) is 0 Å². The average Bonchev–Trinajstić information content (AvgIpc) is 2.75. The molecule has 1 aromatic rings. The van der Waals surface area contributed by atoms with E-state index in [-0.39, 0.29) is 11.0 Å². The highest BCUT2D eigenvalue weighted by Crippen LogP contribution is 2.45. The zero-order chi connectivity index (χ0) is 14.1. The maximum Gasteiger partial charge on any atom is 0.105 e. The lowest BCUT2D eigenvalue weighted by Gasteiger charge is -2.54. The average molecular weight is 282 g/mol. The van der Waals surface area contributed by atoms with Gasteiger partial charge in [-0.05, 0) is 37.6 Å². The Labute approximate surface area is 120 Å². The zero-order valence-corrected chi connectivity index (χ0v) is 13.3. The minimum absolute atomic E-state index is 0.0691. The molecular formula is C15H26N2OS. The quantitative estimate of drug-likeness (QED) is 0.922. The molecule has 1 saturated heterocycles. The number of furan rings is 1. The summed E-state index contributed by atoms with van der Waals surface area (Å²) in [5, 5.41) is 0. The van der Waals surface area contributed by atoms with Crippen LogP contribution in [0.3, 0.4) is 0 Å². The molecule has 0 bridgehead atoms. The standard InChI is InChI=1S/C15H26N2OS/c1-12-13(5-7-18-12)9-17(4)15(10-16)11-19-8-6-14(15,2)3/h5,7H,6,8-11,16H2,1-4H3. The highest BCUT2D eigenvalue weighted by atomic mass is 32.2. The van der Waals surface area contributed by atoms with Gasteiger partial charge < -0.3 is 10.2 Å². The second-order valence-electron chi connectivity index (χ2n) is 6.28. The number of hydrogen-bond acceptors (Lipinski definition) is 4. The number of nitrogens with two attached hydrogens (primary N) is 1. The molecule has 108 valence electrons. The lowest BCUT2D eigenvalue weighted by molar-refractivity contribution is 0.0145. The molecule has 0 radical (unpaired) electrons. The Kier molecular flexibility index (Phi) is 4.33. The third-order valence-corrected chi connectivity index (χ3v) is 6.09. The van der Waals surface area contributed by atoms with Gasteiger partial charge in [-0.25, -0.2) is 0 Å². The molecule has 4 heteroatoms. The highest BCUT2D eigenvalue weighted by molar-refractivity contribution is 7.99. The predicted octanol–water partition coefficient (Wildman–Crippen LogP) is 2.88. The predicted molar refractivity (Wildman–Crippen MR) is 82.4 cm³/mol. The van der Waals surface area contributed by atoms with Crippen LogP contribution in [0.5, 0.6) is 0 Å². The van der Waals surface area contributed by atoms with Crippen molar-refractivity contribution in [1.29, 1.82) is 0 Å². The maximum atomic E-state index is 6.20. The molecule has 1 aliphatic heterocycles. The Balaban J connectivity index is 2.23. The topological polar surface area (TPSA) is 42.4 Å². The molecule has 19 heavy (non-hydrogen) atoms. The molecule has 1 unspecified atom stereocenters. The molecule has 1 aromatic heterocycles. The van der Waals surface area contributed by atoms with Crippen molar-refractivity contribution in [3.8, 4) is 0 Å². The highest BCUT2D eigenvalue weighted by Gasteiger charge is 2.48. The minimum atomic E-state index is 0.0691. The van der Waals surface area contributed by atoms with Crippen LogP contribution in [0, 0.1) is 12.3 Å². The molecule has 0 aliphatic carbocycles. The van der Waals surface area contributed by atoms with Crippen molar-refractivity contribution in [3.05, 3.63) is 23.7 Å². The van der Waals surface area contributed by atoms with Gasteiger partial charge in [0.25, 0.3) is 0 Å². The number of rotatable bonds is 4. The monoisotopic (exact) mass is 282 g/mol. The third kappa shape index (κ3) is 2.58.